The smallest absolute Gasteiger partial charge is 0.382 e. The van der Waals surface area contributed by atoms with E-state index in [2.05, 4.69) is 15.0 Å². The van der Waals surface area contributed by atoms with Gasteiger partial charge in [-0.05, 0) is 6.42 Å². The number of imidazole rings is 1. The number of fused-ring (bicyclic) bond motifs is 3. The summed E-state index contributed by atoms with van der Waals surface area (Å²) in [6.07, 6.45) is 1.48. The number of nitrogens with two attached hydrogens (primary N) is 1. The van der Waals surface area contributed by atoms with Gasteiger partial charge in [0.2, 0.25) is 0 Å². The van der Waals surface area contributed by atoms with Gasteiger partial charge in [-0.15, -0.1) is 0 Å². The van der Waals surface area contributed by atoms with E-state index in [1.165, 1.54) is 12.7 Å². The third-order valence-electron chi connectivity index (χ3n) is 4.80. The molecule has 2 aliphatic rings. The number of rotatable bonds is 4. The van der Waals surface area contributed by atoms with Gasteiger partial charge in [0.1, 0.15) is 29.7 Å². The molecule has 0 aliphatic carbocycles. The molecule has 0 saturated carbocycles. The first-order valence-electron chi connectivity index (χ1n) is 7.81. The van der Waals surface area contributed by atoms with Gasteiger partial charge >= 0.3 is 7.82 Å². The second-order valence-electron chi connectivity index (χ2n) is 6.11. The van der Waals surface area contributed by atoms with E-state index in [9.17, 15) is 14.4 Å². The minimum atomic E-state index is -4.71. The number of ether oxygens (including phenoxy) is 2. The summed E-state index contributed by atoms with van der Waals surface area (Å²) in [5.41, 5.74) is 5.83. The lowest BCUT2D eigenvalue weighted by Crippen LogP contribution is -2.49. The average molecular weight is 371 g/mol. The molecule has 136 valence electrons. The van der Waals surface area contributed by atoms with Gasteiger partial charge in [0.25, 0.3) is 0 Å². The number of nitrogens with zero attached hydrogens (tertiary/aromatic N) is 4. The fourth-order valence-electron chi connectivity index (χ4n) is 3.60. The summed E-state index contributed by atoms with van der Waals surface area (Å²) in [6, 6.07) is 0. The Morgan fingerprint density at radius 3 is 3.00 bits per heavy atom. The molecule has 2 aromatic heterocycles. The van der Waals surface area contributed by atoms with Crippen LogP contribution in [-0.4, -0.2) is 53.7 Å². The summed E-state index contributed by atoms with van der Waals surface area (Å²) in [4.78, 5) is 30.9. The number of hydrogen-bond donors (Lipinski definition) is 3. The largest absolute Gasteiger partial charge is 0.470 e. The summed E-state index contributed by atoms with van der Waals surface area (Å²) in [5.74, 6) is 0.235. The minimum Gasteiger partial charge on any atom is -0.382 e. The fraction of sp³-hybridized carbons (Fsp3) is 0.615. The van der Waals surface area contributed by atoms with E-state index < -0.39 is 31.9 Å². The zero-order chi connectivity index (χ0) is 17.8. The molecule has 4 rings (SSSR count). The summed E-state index contributed by atoms with van der Waals surface area (Å²) >= 11 is 0. The summed E-state index contributed by atoms with van der Waals surface area (Å²) in [7, 11) is -4.71. The molecule has 2 aliphatic heterocycles. The highest BCUT2D eigenvalue weighted by molar-refractivity contribution is 7.46. The van der Waals surface area contributed by atoms with Gasteiger partial charge < -0.3 is 25.0 Å². The highest BCUT2D eigenvalue weighted by Crippen LogP contribution is 2.53. The second kappa shape index (κ2) is 5.70. The maximum absolute atomic E-state index is 11.4. The van der Waals surface area contributed by atoms with E-state index in [0.717, 1.165) is 0 Å². The maximum atomic E-state index is 11.4. The van der Waals surface area contributed by atoms with Crippen molar-refractivity contribution in [2.45, 2.75) is 43.8 Å². The summed E-state index contributed by atoms with van der Waals surface area (Å²) < 4.78 is 30.1. The van der Waals surface area contributed by atoms with Crippen LogP contribution in [0.5, 0.6) is 0 Å². The van der Waals surface area contributed by atoms with Crippen LogP contribution >= 0.6 is 7.82 Å². The normalized spacial score (nSPS) is 32.4. The van der Waals surface area contributed by atoms with Gasteiger partial charge in [-0.1, -0.05) is 6.92 Å². The zero-order valence-electron chi connectivity index (χ0n) is 13.3. The van der Waals surface area contributed by atoms with Crippen LogP contribution in [-0.2, 0) is 18.6 Å². The Bertz CT molecular complexity index is 855. The monoisotopic (exact) mass is 371 g/mol. The van der Waals surface area contributed by atoms with Crippen LogP contribution in [0, 0.1) is 0 Å². The van der Waals surface area contributed by atoms with Crippen LogP contribution in [0.25, 0.3) is 11.2 Å². The van der Waals surface area contributed by atoms with E-state index in [-0.39, 0.29) is 5.82 Å². The average Bonchev–Trinajstić information content (AvgIpc) is 3.02. The van der Waals surface area contributed by atoms with Crippen molar-refractivity contribution in [1.29, 1.82) is 0 Å². The minimum absolute atomic E-state index is 0.235. The SMILES string of the molecule is CC[C@]12CCOC(C1OP(=O)(O)O)[C@H](n1cnc3c(N)ncnc31)O2. The molecule has 11 nitrogen and oxygen atoms in total. The van der Waals surface area contributed by atoms with Gasteiger partial charge in [-0.2, -0.15) is 0 Å². The Labute approximate surface area is 142 Å². The molecule has 0 radical (unpaired) electrons. The van der Waals surface area contributed by atoms with Crippen molar-refractivity contribution in [2.75, 3.05) is 12.3 Å². The molecular weight excluding hydrogens is 353 g/mol. The lowest BCUT2D eigenvalue weighted by atomic mass is 9.87. The highest BCUT2D eigenvalue weighted by Gasteiger charge is 2.60. The maximum Gasteiger partial charge on any atom is 0.470 e. The third kappa shape index (κ3) is 2.64. The van der Waals surface area contributed by atoms with Crippen LogP contribution in [0.2, 0.25) is 0 Å². The van der Waals surface area contributed by atoms with Crippen molar-refractivity contribution in [3.8, 4) is 0 Å². The lowest BCUT2D eigenvalue weighted by Gasteiger charge is -2.37. The number of anilines is 1. The molecule has 2 saturated heterocycles. The van der Waals surface area contributed by atoms with Crippen LogP contribution in [0.4, 0.5) is 5.82 Å². The number of aromatic nitrogens is 4. The lowest BCUT2D eigenvalue weighted by molar-refractivity contribution is -0.119. The summed E-state index contributed by atoms with van der Waals surface area (Å²) in [5, 5.41) is 0. The molecule has 4 N–H and O–H groups in total. The van der Waals surface area contributed by atoms with Crippen molar-refractivity contribution < 1.29 is 28.3 Å². The van der Waals surface area contributed by atoms with Crippen LogP contribution in [0.3, 0.4) is 0 Å². The molecule has 2 fully saturated rings. The predicted molar refractivity (Wildman–Crippen MR) is 84.2 cm³/mol. The van der Waals surface area contributed by atoms with Gasteiger partial charge in [0.15, 0.2) is 17.7 Å². The molecule has 2 aromatic rings. The topological polar surface area (TPSA) is 155 Å². The molecular formula is C13H18N5O6P. The Morgan fingerprint density at radius 1 is 1.48 bits per heavy atom. The second-order valence-corrected chi connectivity index (χ2v) is 7.30. The first kappa shape index (κ1) is 16.8. The molecule has 0 aromatic carbocycles. The van der Waals surface area contributed by atoms with Crippen molar-refractivity contribution >= 4 is 24.8 Å². The molecule has 4 atom stereocenters. The van der Waals surface area contributed by atoms with Crippen molar-refractivity contribution in [3.05, 3.63) is 12.7 Å². The number of phosphoric acid groups is 1. The molecule has 0 amide bonds. The quantitative estimate of drug-likeness (QED) is 0.641. The van der Waals surface area contributed by atoms with Crippen molar-refractivity contribution in [2.24, 2.45) is 0 Å². The first-order valence-corrected chi connectivity index (χ1v) is 9.34. The number of hydrogen-bond acceptors (Lipinski definition) is 8. The predicted octanol–water partition coefficient (Wildman–Crippen LogP) is 0.353. The Kier molecular flexibility index (Phi) is 3.83. The molecule has 0 spiro atoms. The molecule has 25 heavy (non-hydrogen) atoms. The molecule has 4 heterocycles. The number of nitrogen functional groups attached to an aromatic ring is 1. The van der Waals surface area contributed by atoms with E-state index in [1.54, 1.807) is 4.57 Å². The van der Waals surface area contributed by atoms with Crippen LogP contribution in [0.1, 0.15) is 26.0 Å². The van der Waals surface area contributed by atoms with Crippen LogP contribution < -0.4 is 5.73 Å². The van der Waals surface area contributed by atoms with Gasteiger partial charge in [0.05, 0.1) is 12.9 Å². The molecule has 12 heteroatoms. The van der Waals surface area contributed by atoms with Crippen molar-refractivity contribution in [3.63, 3.8) is 0 Å². The van der Waals surface area contributed by atoms with E-state index in [4.69, 9.17) is 19.7 Å². The summed E-state index contributed by atoms with van der Waals surface area (Å²) in [6.45, 7) is 2.28. The van der Waals surface area contributed by atoms with Gasteiger partial charge in [-0.3, -0.25) is 9.09 Å². The van der Waals surface area contributed by atoms with Gasteiger partial charge in [-0.25, -0.2) is 19.5 Å². The third-order valence-corrected chi connectivity index (χ3v) is 5.30. The Hall–Kier alpha value is -1.62. The van der Waals surface area contributed by atoms with E-state index in [1.807, 2.05) is 6.92 Å². The van der Waals surface area contributed by atoms with Crippen molar-refractivity contribution in [1.82, 2.24) is 19.5 Å². The molecule has 2 bridgehead atoms. The fourth-order valence-corrected chi connectivity index (χ4v) is 4.21. The first-order chi connectivity index (χ1) is 11.8. The Morgan fingerprint density at radius 2 is 2.28 bits per heavy atom. The van der Waals surface area contributed by atoms with E-state index in [0.29, 0.717) is 30.6 Å². The molecule has 2 unspecified atom stereocenters. The van der Waals surface area contributed by atoms with Crippen LogP contribution in [0.15, 0.2) is 12.7 Å². The number of phosphoric ester groups is 1. The Balaban J connectivity index is 1.78. The zero-order valence-corrected chi connectivity index (χ0v) is 14.2. The van der Waals surface area contributed by atoms with Gasteiger partial charge in [0, 0.05) is 6.42 Å². The highest BCUT2D eigenvalue weighted by atomic mass is 31.2. The standard InChI is InChI=1S/C13H18N5O6P/c1-2-13-3-4-22-8(9(13)24-25(19,20)21)12(23-13)18-6-17-7-10(14)15-5-16-11(7)18/h5-6,8-9,12H,2-4H2,1H3,(H2,14,15,16)(H2,19,20,21)/t8?,9?,12-,13+/m1/s1. The van der Waals surface area contributed by atoms with E-state index >= 15 is 0 Å².